The van der Waals surface area contributed by atoms with Gasteiger partial charge in [-0.15, -0.1) is 0 Å². The van der Waals surface area contributed by atoms with Crippen molar-refractivity contribution < 1.29 is 19.5 Å². The molecule has 0 aromatic carbocycles. The van der Waals surface area contributed by atoms with Crippen molar-refractivity contribution in [3.05, 3.63) is 48.2 Å². The minimum atomic E-state index is -0.268. The van der Waals surface area contributed by atoms with Crippen molar-refractivity contribution in [2.24, 2.45) is 7.05 Å². The first kappa shape index (κ1) is 20.6. The van der Waals surface area contributed by atoms with E-state index in [-0.39, 0.29) is 32.2 Å². The molecule has 4 rings (SSSR count). The number of nitrogens with zero attached hydrogens (tertiary/aromatic N) is 6. The van der Waals surface area contributed by atoms with Crippen LogP contribution in [-0.2, 0) is 7.05 Å². The van der Waals surface area contributed by atoms with E-state index in [0.717, 1.165) is 16.5 Å². The molecule has 0 radical (unpaired) electrons. The monoisotopic (exact) mass is 422 g/mol. The molecule has 0 aliphatic rings. The van der Waals surface area contributed by atoms with Crippen LogP contribution in [0.2, 0.25) is 0 Å². The fraction of sp³-hybridized carbons (Fsp3) is 0.286. The van der Waals surface area contributed by atoms with Crippen LogP contribution in [0.5, 0.6) is 0 Å². The highest BCUT2D eigenvalue weighted by atomic mass is 16.5. The van der Waals surface area contributed by atoms with E-state index in [4.69, 9.17) is 4.52 Å². The van der Waals surface area contributed by atoms with Crippen LogP contribution >= 0.6 is 0 Å². The van der Waals surface area contributed by atoms with E-state index < -0.39 is 0 Å². The smallest absolute Gasteiger partial charge is 0.270 e. The van der Waals surface area contributed by atoms with Crippen LogP contribution in [0.1, 0.15) is 16.4 Å². The normalized spacial score (nSPS) is 11.2. The third-order valence-electron chi connectivity index (χ3n) is 4.98. The summed E-state index contributed by atoms with van der Waals surface area (Å²) in [4.78, 5) is 27.5. The maximum absolute atomic E-state index is 12.9. The van der Waals surface area contributed by atoms with E-state index in [1.165, 1.54) is 4.90 Å². The minimum absolute atomic E-state index is 0.149. The number of pyridine rings is 2. The Morgan fingerprint density at radius 1 is 1.13 bits per heavy atom. The van der Waals surface area contributed by atoms with Gasteiger partial charge in [-0.25, -0.2) is 0 Å². The number of aliphatic hydroxyl groups is 2. The van der Waals surface area contributed by atoms with Gasteiger partial charge in [0, 0.05) is 44.2 Å². The third kappa shape index (κ3) is 4.03. The van der Waals surface area contributed by atoms with E-state index in [1.54, 1.807) is 43.1 Å². The molecule has 0 bridgehead atoms. The predicted molar refractivity (Wildman–Crippen MR) is 112 cm³/mol. The zero-order chi connectivity index (χ0) is 22.0. The van der Waals surface area contributed by atoms with Crippen LogP contribution < -0.4 is 0 Å². The molecule has 31 heavy (non-hydrogen) atoms. The molecule has 10 nitrogen and oxygen atoms in total. The highest BCUT2D eigenvalue weighted by molar-refractivity contribution is 5.99. The summed E-state index contributed by atoms with van der Waals surface area (Å²) in [5.41, 5.74) is 3.27. The second kappa shape index (κ2) is 8.62. The van der Waals surface area contributed by atoms with Crippen molar-refractivity contribution in [3.63, 3.8) is 0 Å². The number of hydrogen-bond acceptors (Lipinski definition) is 8. The molecule has 4 aromatic heterocycles. The molecule has 0 fully saturated rings. The fourth-order valence-electron chi connectivity index (χ4n) is 3.42. The number of amides is 1. The van der Waals surface area contributed by atoms with Gasteiger partial charge in [-0.3, -0.25) is 14.8 Å². The van der Waals surface area contributed by atoms with Gasteiger partial charge < -0.3 is 24.2 Å². The Balaban J connectivity index is 1.70. The Morgan fingerprint density at radius 3 is 2.55 bits per heavy atom. The number of carbonyl (C=O) groups is 1. The van der Waals surface area contributed by atoms with Crippen molar-refractivity contribution in [3.8, 4) is 22.8 Å². The number of fused-ring (bicyclic) bond motifs is 1. The molecule has 0 spiro atoms. The summed E-state index contributed by atoms with van der Waals surface area (Å²) in [5, 5.41) is 23.2. The van der Waals surface area contributed by atoms with Gasteiger partial charge in [-0.1, -0.05) is 5.16 Å². The molecule has 0 saturated carbocycles. The Morgan fingerprint density at radius 2 is 1.87 bits per heavy atom. The quantitative estimate of drug-likeness (QED) is 0.457. The molecule has 0 aliphatic heterocycles. The summed E-state index contributed by atoms with van der Waals surface area (Å²) in [6.45, 7) is 1.67. The number of carbonyl (C=O) groups excluding carboxylic acids is 1. The average Bonchev–Trinajstić information content (AvgIpc) is 3.36. The number of rotatable bonds is 7. The van der Waals surface area contributed by atoms with Crippen LogP contribution in [0, 0.1) is 6.92 Å². The first-order valence-electron chi connectivity index (χ1n) is 9.75. The summed E-state index contributed by atoms with van der Waals surface area (Å²) in [6, 6.07) is 7.26. The van der Waals surface area contributed by atoms with Gasteiger partial charge in [-0.2, -0.15) is 4.98 Å². The van der Waals surface area contributed by atoms with E-state index in [0.29, 0.717) is 28.8 Å². The average molecular weight is 422 g/mol. The maximum Gasteiger partial charge on any atom is 0.270 e. The van der Waals surface area contributed by atoms with Crippen LogP contribution in [0.15, 0.2) is 41.2 Å². The highest BCUT2D eigenvalue weighted by Gasteiger charge is 2.20. The lowest BCUT2D eigenvalue weighted by Crippen LogP contribution is -2.36. The zero-order valence-electron chi connectivity index (χ0n) is 17.2. The predicted octanol–water partition coefficient (Wildman–Crippen LogP) is 1.42. The topological polar surface area (TPSA) is 130 Å². The zero-order valence-corrected chi connectivity index (χ0v) is 17.2. The molecule has 0 saturated heterocycles. The van der Waals surface area contributed by atoms with Gasteiger partial charge in [0.1, 0.15) is 5.69 Å². The Bertz CT molecular complexity index is 1230. The molecule has 4 aromatic rings. The van der Waals surface area contributed by atoms with Gasteiger partial charge in [0.05, 0.1) is 36.3 Å². The van der Waals surface area contributed by atoms with Crippen LogP contribution in [0.3, 0.4) is 0 Å². The van der Waals surface area contributed by atoms with Gasteiger partial charge in [0.2, 0.25) is 11.7 Å². The lowest BCUT2D eigenvalue weighted by molar-refractivity contribution is 0.0676. The highest BCUT2D eigenvalue weighted by Crippen LogP contribution is 2.26. The standard InChI is InChI=1S/C21H22N6O4/c1-13-24-20(25-31-13)14-3-4-22-16(9-14)17-10-15-11-18(26(2)19(15)12-23-17)21(30)27(5-7-28)6-8-29/h3-4,9-12,28-29H,5-8H2,1-2H3. The van der Waals surface area contributed by atoms with E-state index in [9.17, 15) is 15.0 Å². The Labute approximate surface area is 177 Å². The molecule has 10 heteroatoms. The second-order valence-electron chi connectivity index (χ2n) is 7.02. The minimum Gasteiger partial charge on any atom is -0.395 e. The molecule has 0 aliphatic carbocycles. The molecule has 4 heterocycles. The van der Waals surface area contributed by atoms with Crippen molar-refractivity contribution in [1.29, 1.82) is 0 Å². The second-order valence-corrected chi connectivity index (χ2v) is 7.02. The lowest BCUT2D eigenvalue weighted by atomic mass is 10.1. The molecule has 2 N–H and O–H groups in total. The fourth-order valence-corrected chi connectivity index (χ4v) is 3.42. The van der Waals surface area contributed by atoms with Gasteiger partial charge in [0.15, 0.2) is 0 Å². The molecule has 0 unspecified atom stereocenters. The third-order valence-corrected chi connectivity index (χ3v) is 4.98. The molecule has 160 valence electrons. The van der Waals surface area contributed by atoms with Crippen LogP contribution in [0.25, 0.3) is 33.7 Å². The summed E-state index contributed by atoms with van der Waals surface area (Å²) in [7, 11) is 1.78. The van der Waals surface area contributed by atoms with E-state index in [1.807, 2.05) is 12.1 Å². The Hall–Kier alpha value is -3.63. The molecule has 0 atom stereocenters. The van der Waals surface area contributed by atoms with E-state index >= 15 is 0 Å². The summed E-state index contributed by atoms with van der Waals surface area (Å²) in [5.74, 6) is 0.685. The lowest BCUT2D eigenvalue weighted by Gasteiger charge is -2.20. The van der Waals surface area contributed by atoms with Crippen molar-refractivity contribution in [2.45, 2.75) is 6.92 Å². The molecular weight excluding hydrogens is 400 g/mol. The first-order valence-corrected chi connectivity index (χ1v) is 9.75. The summed E-state index contributed by atoms with van der Waals surface area (Å²) >= 11 is 0. The van der Waals surface area contributed by atoms with Crippen molar-refractivity contribution in [2.75, 3.05) is 26.3 Å². The van der Waals surface area contributed by atoms with Crippen LogP contribution in [-0.4, -0.2) is 72.0 Å². The number of aromatic nitrogens is 5. The van der Waals surface area contributed by atoms with Crippen LogP contribution in [0.4, 0.5) is 0 Å². The number of aryl methyl sites for hydroxylation is 2. The number of hydrogen-bond donors (Lipinski definition) is 2. The summed E-state index contributed by atoms with van der Waals surface area (Å²) < 4.78 is 6.80. The molecule has 1 amide bonds. The summed E-state index contributed by atoms with van der Waals surface area (Å²) in [6.07, 6.45) is 3.35. The number of aliphatic hydroxyl groups excluding tert-OH is 2. The van der Waals surface area contributed by atoms with Crippen molar-refractivity contribution >= 4 is 16.8 Å². The van der Waals surface area contributed by atoms with E-state index in [2.05, 4.69) is 20.1 Å². The largest absolute Gasteiger partial charge is 0.395 e. The Kier molecular flexibility index (Phi) is 5.74. The van der Waals surface area contributed by atoms with Gasteiger partial charge >= 0.3 is 0 Å². The van der Waals surface area contributed by atoms with Gasteiger partial charge in [0.25, 0.3) is 5.91 Å². The SMILES string of the molecule is Cc1nc(-c2ccnc(-c3cc4cc(C(=O)N(CCO)CCO)n(C)c4cn3)c2)no1. The molecular formula is C21H22N6O4. The van der Waals surface area contributed by atoms with Crippen molar-refractivity contribution in [1.82, 2.24) is 29.6 Å². The van der Waals surface area contributed by atoms with Gasteiger partial charge in [-0.05, 0) is 24.3 Å². The first-order chi connectivity index (χ1) is 15.0. The maximum atomic E-state index is 12.9.